The number of anilines is 1. The summed E-state index contributed by atoms with van der Waals surface area (Å²) in [6.45, 7) is 0. The van der Waals surface area contributed by atoms with E-state index in [1.807, 2.05) is 0 Å². The molecule has 1 amide bonds. The molecule has 0 saturated carbocycles. The largest absolute Gasteiger partial charge is 0.504 e. The number of ether oxygens (including phenoxy) is 1. The van der Waals surface area contributed by atoms with Gasteiger partial charge in [0.15, 0.2) is 11.5 Å². The van der Waals surface area contributed by atoms with Gasteiger partial charge in [0.1, 0.15) is 4.90 Å². The Morgan fingerprint density at radius 2 is 1.93 bits per heavy atom. The second kappa shape index (κ2) is 6.96. The average Bonchev–Trinajstić information content (AvgIpc) is 3.13. The summed E-state index contributed by atoms with van der Waals surface area (Å²) in [4.78, 5) is 13.4. The summed E-state index contributed by atoms with van der Waals surface area (Å²) in [6, 6.07) is 13.0. The van der Waals surface area contributed by atoms with Gasteiger partial charge in [-0.2, -0.15) is 0 Å². The van der Waals surface area contributed by atoms with Gasteiger partial charge in [-0.25, -0.2) is 8.42 Å². The first kappa shape index (κ1) is 18.5. The molecule has 0 spiro atoms. The standard InChI is InChI=1S/C20H17NO5S2/c1-26-16-9-12(7-8-15(16)22)14-10-18(23)21-19-17(11-27-20(14)19)28(24,25)13-5-3-2-4-6-13/h2-9,11,14,22H,10H2,1H3,(H,21,23)/t14-/m0/s1. The molecule has 4 rings (SSSR count). The lowest BCUT2D eigenvalue weighted by atomic mass is 9.90. The molecule has 0 unspecified atom stereocenters. The van der Waals surface area contributed by atoms with Crippen LogP contribution < -0.4 is 10.1 Å². The van der Waals surface area contributed by atoms with E-state index in [0.717, 1.165) is 10.4 Å². The van der Waals surface area contributed by atoms with Crippen molar-refractivity contribution in [1.82, 2.24) is 0 Å². The van der Waals surface area contributed by atoms with E-state index in [9.17, 15) is 18.3 Å². The summed E-state index contributed by atoms with van der Waals surface area (Å²) in [6.07, 6.45) is 0.187. The first-order valence-corrected chi connectivity index (χ1v) is 10.9. The average molecular weight is 415 g/mol. The predicted molar refractivity (Wildman–Crippen MR) is 106 cm³/mol. The molecule has 8 heteroatoms. The summed E-state index contributed by atoms with van der Waals surface area (Å²) in [7, 11) is -2.30. The van der Waals surface area contributed by atoms with E-state index in [-0.39, 0.29) is 33.8 Å². The van der Waals surface area contributed by atoms with Crippen molar-refractivity contribution in [3.05, 3.63) is 64.4 Å². The number of hydrogen-bond acceptors (Lipinski definition) is 6. The Kier molecular flexibility index (Phi) is 4.60. The molecule has 1 atom stereocenters. The summed E-state index contributed by atoms with van der Waals surface area (Å²) in [5, 5.41) is 14.1. The lowest BCUT2D eigenvalue weighted by Crippen LogP contribution is -2.23. The maximum absolute atomic E-state index is 13.1. The number of hydrogen-bond donors (Lipinski definition) is 2. The van der Waals surface area contributed by atoms with E-state index in [2.05, 4.69) is 5.32 Å². The highest BCUT2D eigenvalue weighted by Gasteiger charge is 2.34. The van der Waals surface area contributed by atoms with Crippen LogP contribution in [0.25, 0.3) is 0 Å². The number of carbonyl (C=O) groups is 1. The van der Waals surface area contributed by atoms with Crippen LogP contribution in [0.3, 0.4) is 0 Å². The fourth-order valence-electron chi connectivity index (χ4n) is 3.31. The first-order valence-electron chi connectivity index (χ1n) is 8.50. The van der Waals surface area contributed by atoms with Crippen LogP contribution in [0.4, 0.5) is 5.69 Å². The molecular weight excluding hydrogens is 398 g/mol. The van der Waals surface area contributed by atoms with Gasteiger partial charge in [-0.15, -0.1) is 11.3 Å². The molecule has 0 fully saturated rings. The second-order valence-electron chi connectivity index (χ2n) is 6.39. The molecule has 0 aliphatic carbocycles. The van der Waals surface area contributed by atoms with Crippen LogP contribution in [-0.2, 0) is 14.6 Å². The van der Waals surface area contributed by atoms with Gasteiger partial charge in [-0.1, -0.05) is 24.3 Å². The molecule has 144 valence electrons. The number of nitrogens with one attached hydrogen (secondary N) is 1. The molecule has 0 radical (unpaired) electrons. The predicted octanol–water partition coefficient (Wildman–Crippen LogP) is 3.77. The Labute approximate surface area is 166 Å². The van der Waals surface area contributed by atoms with Crippen LogP contribution in [0.15, 0.2) is 63.7 Å². The van der Waals surface area contributed by atoms with Crippen LogP contribution in [0.2, 0.25) is 0 Å². The normalized spacial score (nSPS) is 16.3. The van der Waals surface area contributed by atoms with Crippen molar-refractivity contribution in [2.75, 3.05) is 12.4 Å². The van der Waals surface area contributed by atoms with Crippen molar-refractivity contribution < 1.29 is 23.1 Å². The molecule has 28 heavy (non-hydrogen) atoms. The number of carbonyl (C=O) groups excluding carboxylic acids is 1. The number of methoxy groups -OCH3 is 1. The molecule has 2 aromatic carbocycles. The third-order valence-electron chi connectivity index (χ3n) is 4.71. The lowest BCUT2D eigenvalue weighted by Gasteiger charge is -2.24. The van der Waals surface area contributed by atoms with Crippen LogP contribution in [0.5, 0.6) is 11.5 Å². The minimum atomic E-state index is -3.75. The highest BCUT2D eigenvalue weighted by atomic mass is 32.2. The van der Waals surface area contributed by atoms with Gasteiger partial charge in [0, 0.05) is 22.6 Å². The Morgan fingerprint density at radius 1 is 1.18 bits per heavy atom. The Hall–Kier alpha value is -2.84. The summed E-state index contributed by atoms with van der Waals surface area (Å²) < 4.78 is 31.3. The molecule has 1 aliphatic rings. The van der Waals surface area contributed by atoms with Crippen LogP contribution in [0, 0.1) is 0 Å². The van der Waals surface area contributed by atoms with Gasteiger partial charge >= 0.3 is 0 Å². The van der Waals surface area contributed by atoms with Crippen molar-refractivity contribution >= 4 is 32.8 Å². The molecular formula is C20H17NO5S2. The van der Waals surface area contributed by atoms with Gasteiger partial charge in [0.2, 0.25) is 15.7 Å². The van der Waals surface area contributed by atoms with E-state index < -0.39 is 9.84 Å². The Balaban J connectivity index is 1.83. The van der Waals surface area contributed by atoms with E-state index in [1.165, 1.54) is 36.6 Å². The van der Waals surface area contributed by atoms with Crippen molar-refractivity contribution in [1.29, 1.82) is 0 Å². The molecule has 6 nitrogen and oxygen atoms in total. The number of sulfone groups is 1. The molecule has 0 saturated heterocycles. The quantitative estimate of drug-likeness (QED) is 0.677. The second-order valence-corrected chi connectivity index (χ2v) is 9.22. The number of fused-ring (bicyclic) bond motifs is 1. The molecule has 2 N–H and O–H groups in total. The highest BCUT2D eigenvalue weighted by Crippen LogP contribution is 2.46. The first-order chi connectivity index (χ1) is 13.4. The maximum Gasteiger partial charge on any atom is 0.225 e. The maximum atomic E-state index is 13.1. The van der Waals surface area contributed by atoms with Crippen LogP contribution in [0.1, 0.15) is 22.8 Å². The SMILES string of the molecule is COc1cc([C@@H]2CC(=O)Nc3c(S(=O)(=O)c4ccccc4)csc32)ccc1O. The molecule has 3 aromatic rings. The highest BCUT2D eigenvalue weighted by molar-refractivity contribution is 7.91. The summed E-state index contributed by atoms with van der Waals surface area (Å²) in [5.41, 5.74) is 1.11. The van der Waals surface area contributed by atoms with Gasteiger partial charge in [0.25, 0.3) is 0 Å². The zero-order valence-corrected chi connectivity index (χ0v) is 16.5. The van der Waals surface area contributed by atoms with E-state index in [0.29, 0.717) is 11.4 Å². The minimum absolute atomic E-state index is 0.00487. The van der Waals surface area contributed by atoms with E-state index in [4.69, 9.17) is 4.74 Å². The topological polar surface area (TPSA) is 92.7 Å². The van der Waals surface area contributed by atoms with E-state index >= 15 is 0 Å². The number of phenolic OH excluding ortho intramolecular Hbond substituents is 1. The number of rotatable bonds is 4. The smallest absolute Gasteiger partial charge is 0.225 e. The Morgan fingerprint density at radius 3 is 2.64 bits per heavy atom. The monoisotopic (exact) mass is 415 g/mol. The Bertz CT molecular complexity index is 1150. The van der Waals surface area contributed by atoms with Gasteiger partial charge in [0.05, 0.1) is 17.7 Å². The lowest BCUT2D eigenvalue weighted by molar-refractivity contribution is -0.116. The van der Waals surface area contributed by atoms with Crippen LogP contribution in [-0.4, -0.2) is 26.5 Å². The summed E-state index contributed by atoms with van der Waals surface area (Å²) in [5.74, 6) is -0.264. The van der Waals surface area contributed by atoms with Crippen molar-refractivity contribution in [3.63, 3.8) is 0 Å². The number of thiophene rings is 1. The van der Waals surface area contributed by atoms with Gasteiger partial charge in [-0.05, 0) is 29.8 Å². The molecule has 0 bridgehead atoms. The number of benzene rings is 2. The molecule has 2 heterocycles. The molecule has 1 aliphatic heterocycles. The third-order valence-corrected chi connectivity index (χ3v) is 7.74. The van der Waals surface area contributed by atoms with Crippen LogP contribution >= 0.6 is 11.3 Å². The van der Waals surface area contributed by atoms with Crippen molar-refractivity contribution in [2.24, 2.45) is 0 Å². The number of phenols is 1. The van der Waals surface area contributed by atoms with Gasteiger partial charge in [-0.3, -0.25) is 4.79 Å². The van der Waals surface area contributed by atoms with E-state index in [1.54, 1.807) is 35.7 Å². The van der Waals surface area contributed by atoms with Crippen molar-refractivity contribution in [2.45, 2.75) is 22.1 Å². The fourth-order valence-corrected chi connectivity index (χ4v) is 6.24. The number of amides is 1. The summed E-state index contributed by atoms with van der Waals surface area (Å²) >= 11 is 1.30. The van der Waals surface area contributed by atoms with Gasteiger partial charge < -0.3 is 15.2 Å². The number of aromatic hydroxyl groups is 1. The third kappa shape index (κ3) is 3.04. The fraction of sp³-hybridized carbons (Fsp3) is 0.150. The zero-order chi connectivity index (χ0) is 19.9. The minimum Gasteiger partial charge on any atom is -0.504 e. The zero-order valence-electron chi connectivity index (χ0n) is 14.9. The molecule has 1 aromatic heterocycles. The van der Waals surface area contributed by atoms with Crippen molar-refractivity contribution in [3.8, 4) is 11.5 Å².